The van der Waals surface area contributed by atoms with E-state index >= 15 is 0 Å². The van der Waals surface area contributed by atoms with Crippen LogP contribution < -0.4 is 25.0 Å². The molecule has 2 aromatic rings. The molecule has 1 saturated heterocycles. The van der Waals surface area contributed by atoms with E-state index in [9.17, 15) is 9.59 Å². The van der Waals surface area contributed by atoms with Crippen molar-refractivity contribution in [2.75, 3.05) is 33.2 Å². The Kier molecular flexibility index (Phi) is 6.62. The van der Waals surface area contributed by atoms with Crippen molar-refractivity contribution < 1.29 is 23.8 Å². The lowest BCUT2D eigenvalue weighted by molar-refractivity contribution is -0.137. The Bertz CT molecular complexity index is 1090. The van der Waals surface area contributed by atoms with Crippen molar-refractivity contribution in [3.05, 3.63) is 59.4 Å². The number of rotatable bonds is 7. The van der Waals surface area contributed by atoms with Crippen LogP contribution in [0, 0.1) is 0 Å². The summed E-state index contributed by atoms with van der Waals surface area (Å²) in [6, 6.07) is 10.1. The number of fused-ring (bicyclic) bond motifs is 1. The second-order valence-electron chi connectivity index (χ2n) is 7.62. The van der Waals surface area contributed by atoms with Gasteiger partial charge in [-0.3, -0.25) is 9.59 Å². The number of hydrazine groups is 1. The first kappa shape index (κ1) is 22.8. The number of halogens is 1. The lowest BCUT2D eigenvalue weighted by Gasteiger charge is -2.31. The summed E-state index contributed by atoms with van der Waals surface area (Å²) in [7, 11) is 4.69. The van der Waals surface area contributed by atoms with Gasteiger partial charge in [-0.2, -0.15) is 0 Å². The highest BCUT2D eigenvalue weighted by Gasteiger charge is 2.40. The van der Waals surface area contributed by atoms with Crippen LogP contribution in [0.25, 0.3) is 0 Å². The molecule has 0 bridgehead atoms. The predicted molar refractivity (Wildman–Crippen MR) is 123 cm³/mol. The van der Waals surface area contributed by atoms with E-state index in [0.717, 1.165) is 5.56 Å². The van der Waals surface area contributed by atoms with Crippen molar-refractivity contribution in [1.29, 1.82) is 0 Å². The Labute approximate surface area is 196 Å². The molecule has 2 heterocycles. The topological polar surface area (TPSA) is 92.4 Å². The molecule has 0 spiro atoms. The van der Waals surface area contributed by atoms with Crippen LogP contribution in [-0.2, 0) is 9.59 Å². The van der Waals surface area contributed by atoms with E-state index in [1.165, 1.54) is 12.0 Å². The third-order valence-electron chi connectivity index (χ3n) is 5.63. The fourth-order valence-electron chi connectivity index (χ4n) is 3.95. The highest BCUT2D eigenvalue weighted by atomic mass is 35.5. The molecule has 2 unspecified atom stereocenters. The van der Waals surface area contributed by atoms with Crippen molar-refractivity contribution >= 4 is 29.1 Å². The summed E-state index contributed by atoms with van der Waals surface area (Å²) < 4.78 is 15.8. The largest absolute Gasteiger partial charge is 0.495 e. The van der Waals surface area contributed by atoms with Crippen molar-refractivity contribution in [2.24, 2.45) is 0 Å². The van der Waals surface area contributed by atoms with Crippen LogP contribution >= 0.6 is 11.6 Å². The molecule has 1 fully saturated rings. The standard InChI is InChI=1S/C23H25ClN4O5/c1-31-19-7-5-15(11-16(19)24)25-22(29)13-27-8-9-28-18(23(27)30)12-17(26-28)14-4-6-20(32-2)21(10-14)33-3/h4-11,17-18,26H,12-13H2,1-3H3,(H,25,29). The molecular formula is C23H25ClN4O5. The maximum Gasteiger partial charge on any atom is 0.251 e. The van der Waals surface area contributed by atoms with Gasteiger partial charge in [-0.15, -0.1) is 0 Å². The van der Waals surface area contributed by atoms with Gasteiger partial charge in [-0.1, -0.05) is 17.7 Å². The van der Waals surface area contributed by atoms with E-state index in [2.05, 4.69) is 10.7 Å². The number of benzene rings is 2. The van der Waals surface area contributed by atoms with E-state index in [1.807, 2.05) is 18.2 Å². The van der Waals surface area contributed by atoms with Crippen molar-refractivity contribution in [3.63, 3.8) is 0 Å². The average Bonchev–Trinajstić information content (AvgIpc) is 3.26. The van der Waals surface area contributed by atoms with Crippen LogP contribution in [0.2, 0.25) is 5.02 Å². The van der Waals surface area contributed by atoms with Gasteiger partial charge in [0.2, 0.25) is 5.91 Å². The van der Waals surface area contributed by atoms with Crippen LogP contribution in [0.4, 0.5) is 5.69 Å². The number of amides is 2. The molecular weight excluding hydrogens is 448 g/mol. The molecule has 0 saturated carbocycles. The second kappa shape index (κ2) is 9.60. The van der Waals surface area contributed by atoms with Gasteiger partial charge in [0.05, 0.1) is 32.4 Å². The Hall–Kier alpha value is -3.43. The summed E-state index contributed by atoms with van der Waals surface area (Å²) >= 11 is 6.11. The summed E-state index contributed by atoms with van der Waals surface area (Å²) in [6.07, 6.45) is 3.92. The van der Waals surface area contributed by atoms with E-state index < -0.39 is 6.04 Å². The highest BCUT2D eigenvalue weighted by molar-refractivity contribution is 6.32. The van der Waals surface area contributed by atoms with Gasteiger partial charge in [0, 0.05) is 18.1 Å². The number of ether oxygens (including phenoxy) is 3. The molecule has 2 aromatic carbocycles. The van der Waals surface area contributed by atoms with Crippen molar-refractivity contribution in [3.8, 4) is 17.2 Å². The second-order valence-corrected chi connectivity index (χ2v) is 8.02. The summed E-state index contributed by atoms with van der Waals surface area (Å²) in [5.74, 6) is 1.30. The maximum atomic E-state index is 13.1. The summed E-state index contributed by atoms with van der Waals surface area (Å²) in [4.78, 5) is 27.0. The van der Waals surface area contributed by atoms with Gasteiger partial charge in [0.1, 0.15) is 18.3 Å². The van der Waals surface area contributed by atoms with Crippen molar-refractivity contribution in [1.82, 2.24) is 15.3 Å². The molecule has 0 radical (unpaired) electrons. The van der Waals surface area contributed by atoms with Gasteiger partial charge in [-0.25, -0.2) is 5.43 Å². The molecule has 0 aliphatic carbocycles. The minimum absolute atomic E-state index is 0.0846. The third-order valence-corrected chi connectivity index (χ3v) is 5.93. The van der Waals surface area contributed by atoms with Gasteiger partial charge < -0.3 is 29.4 Å². The molecule has 0 aromatic heterocycles. The van der Waals surface area contributed by atoms with E-state index in [4.69, 9.17) is 25.8 Å². The zero-order chi connectivity index (χ0) is 23.5. The number of carbonyl (C=O) groups excluding carboxylic acids is 2. The number of methoxy groups -OCH3 is 3. The molecule has 9 nitrogen and oxygen atoms in total. The normalized spacial score (nSPS) is 19.3. The molecule has 10 heteroatoms. The van der Waals surface area contributed by atoms with E-state index in [0.29, 0.717) is 34.4 Å². The van der Waals surface area contributed by atoms with E-state index in [-0.39, 0.29) is 24.4 Å². The van der Waals surface area contributed by atoms with Crippen molar-refractivity contribution in [2.45, 2.75) is 18.5 Å². The molecule has 2 atom stereocenters. The molecule has 2 aliphatic rings. The van der Waals surface area contributed by atoms with Crippen LogP contribution in [0.3, 0.4) is 0 Å². The van der Waals surface area contributed by atoms with E-state index in [1.54, 1.807) is 49.8 Å². The molecule has 2 N–H and O–H groups in total. The maximum absolute atomic E-state index is 13.1. The molecule has 2 aliphatic heterocycles. The molecule has 33 heavy (non-hydrogen) atoms. The van der Waals surface area contributed by atoms with Crippen LogP contribution in [0.5, 0.6) is 17.2 Å². The first-order valence-corrected chi connectivity index (χ1v) is 10.7. The monoisotopic (exact) mass is 472 g/mol. The van der Waals surface area contributed by atoms with Crippen LogP contribution in [-0.4, -0.2) is 55.6 Å². The lowest BCUT2D eigenvalue weighted by atomic mass is 10.0. The zero-order valence-electron chi connectivity index (χ0n) is 18.5. The quantitative estimate of drug-likeness (QED) is 0.640. The third kappa shape index (κ3) is 4.69. The molecule has 174 valence electrons. The lowest BCUT2D eigenvalue weighted by Crippen LogP contribution is -2.49. The Morgan fingerprint density at radius 2 is 1.79 bits per heavy atom. The number of hydrogen-bond donors (Lipinski definition) is 2. The molecule has 2 amide bonds. The highest BCUT2D eigenvalue weighted by Crippen LogP contribution is 2.35. The number of carbonyl (C=O) groups is 2. The fourth-order valence-corrected chi connectivity index (χ4v) is 4.21. The van der Waals surface area contributed by atoms with Gasteiger partial charge >= 0.3 is 0 Å². The Balaban J connectivity index is 1.40. The minimum atomic E-state index is -0.420. The fraction of sp³-hybridized carbons (Fsp3) is 0.304. The average molecular weight is 473 g/mol. The predicted octanol–water partition coefficient (Wildman–Crippen LogP) is 2.94. The van der Waals surface area contributed by atoms with Gasteiger partial charge in [0.25, 0.3) is 5.91 Å². The first-order valence-electron chi connectivity index (χ1n) is 10.3. The van der Waals surface area contributed by atoms with Crippen LogP contribution in [0.15, 0.2) is 48.8 Å². The van der Waals surface area contributed by atoms with Gasteiger partial charge in [0.15, 0.2) is 11.5 Å². The number of nitrogens with one attached hydrogen (secondary N) is 2. The zero-order valence-corrected chi connectivity index (χ0v) is 19.3. The number of anilines is 1. The first-order chi connectivity index (χ1) is 15.9. The summed E-state index contributed by atoms with van der Waals surface area (Å²) in [5.41, 5.74) is 4.84. The van der Waals surface area contributed by atoms with Gasteiger partial charge in [-0.05, 0) is 42.3 Å². The minimum Gasteiger partial charge on any atom is -0.495 e. The number of hydrogen-bond acceptors (Lipinski definition) is 7. The smallest absolute Gasteiger partial charge is 0.251 e. The summed E-state index contributed by atoms with van der Waals surface area (Å²) in [5, 5.41) is 4.92. The SMILES string of the molecule is COc1ccc(NC(=O)CN2C=CN3NC(c4ccc(OC)c(OC)c4)CC3C2=O)cc1Cl. The molecule has 4 rings (SSSR count). The summed E-state index contributed by atoms with van der Waals surface area (Å²) in [6.45, 7) is -0.107. The Morgan fingerprint density at radius 3 is 2.48 bits per heavy atom. The number of nitrogens with zero attached hydrogens (tertiary/aromatic N) is 2. The van der Waals surface area contributed by atoms with Crippen LogP contribution in [0.1, 0.15) is 18.0 Å². The Morgan fingerprint density at radius 1 is 1.06 bits per heavy atom.